The van der Waals surface area contributed by atoms with E-state index in [1.807, 2.05) is 24.5 Å². The minimum atomic E-state index is -0.377. The Morgan fingerprint density at radius 1 is 1.29 bits per heavy atom. The number of aromatic nitrogens is 3. The van der Waals surface area contributed by atoms with Crippen LogP contribution in [0, 0.1) is 11.3 Å². The summed E-state index contributed by atoms with van der Waals surface area (Å²) in [5.74, 6) is 1.83. The zero-order valence-corrected chi connectivity index (χ0v) is 17.5. The smallest absolute Gasteiger partial charge is 0.227 e. The summed E-state index contributed by atoms with van der Waals surface area (Å²) < 4.78 is 12.9. The second-order valence-electron chi connectivity index (χ2n) is 7.75. The van der Waals surface area contributed by atoms with Crippen molar-refractivity contribution in [3.8, 4) is 11.5 Å². The summed E-state index contributed by atoms with van der Waals surface area (Å²) in [7, 11) is 3.25. The number of thioether (sulfide) groups is 1. The van der Waals surface area contributed by atoms with E-state index in [9.17, 15) is 4.79 Å². The Hall–Kier alpha value is -2.48. The van der Waals surface area contributed by atoms with Crippen molar-refractivity contribution in [3.05, 3.63) is 35.5 Å². The molecule has 0 radical (unpaired) electrons. The molecule has 2 atom stereocenters. The van der Waals surface area contributed by atoms with E-state index in [2.05, 4.69) is 35.3 Å². The number of Topliss-reactive ketones (excluding diaryl/α,β-unsaturated/α-hetero) is 1. The van der Waals surface area contributed by atoms with Crippen molar-refractivity contribution in [3.63, 3.8) is 0 Å². The largest absolute Gasteiger partial charge is 0.497 e. The lowest BCUT2D eigenvalue weighted by Crippen LogP contribution is -2.42. The van der Waals surface area contributed by atoms with E-state index in [1.165, 1.54) is 11.8 Å². The van der Waals surface area contributed by atoms with E-state index in [4.69, 9.17) is 9.47 Å². The first-order chi connectivity index (χ1) is 13.4. The number of nitrogens with one attached hydrogen (secondary N) is 1. The van der Waals surface area contributed by atoms with Gasteiger partial charge in [0.15, 0.2) is 0 Å². The molecule has 0 bridgehead atoms. The number of hydrogen-bond donors (Lipinski definition) is 1. The third kappa shape index (κ3) is 3.05. The Morgan fingerprint density at radius 2 is 2.07 bits per heavy atom. The number of benzene rings is 1. The van der Waals surface area contributed by atoms with Crippen LogP contribution in [-0.2, 0) is 4.79 Å². The first-order valence-corrected chi connectivity index (χ1v) is 10.3. The highest BCUT2D eigenvalue weighted by molar-refractivity contribution is 7.98. The van der Waals surface area contributed by atoms with Crippen LogP contribution in [0.3, 0.4) is 0 Å². The number of anilines is 1. The molecule has 148 valence electrons. The van der Waals surface area contributed by atoms with Crippen LogP contribution in [0.25, 0.3) is 0 Å². The van der Waals surface area contributed by atoms with Gasteiger partial charge >= 0.3 is 0 Å². The molecule has 1 aliphatic heterocycles. The number of methoxy groups -OCH3 is 2. The number of ketones is 1. The van der Waals surface area contributed by atoms with Crippen molar-refractivity contribution >= 4 is 23.5 Å². The van der Waals surface area contributed by atoms with Gasteiger partial charge in [0, 0.05) is 17.7 Å². The summed E-state index contributed by atoms with van der Waals surface area (Å²) in [5.41, 5.74) is 1.53. The van der Waals surface area contributed by atoms with Gasteiger partial charge in [0.2, 0.25) is 11.1 Å². The summed E-state index contributed by atoms with van der Waals surface area (Å²) in [5, 5.41) is 8.65. The highest BCUT2D eigenvalue weighted by atomic mass is 32.2. The van der Waals surface area contributed by atoms with Crippen LogP contribution in [0.4, 0.5) is 5.95 Å². The number of allylic oxidation sites excluding steroid dienone is 2. The van der Waals surface area contributed by atoms with Crippen molar-refractivity contribution in [1.82, 2.24) is 14.8 Å². The van der Waals surface area contributed by atoms with Crippen molar-refractivity contribution in [1.29, 1.82) is 0 Å². The molecule has 7 nitrogen and oxygen atoms in total. The third-order valence-electron chi connectivity index (χ3n) is 5.24. The highest BCUT2D eigenvalue weighted by Gasteiger charge is 2.46. The maximum absolute atomic E-state index is 13.2. The third-order valence-corrected chi connectivity index (χ3v) is 5.78. The number of fused-ring (bicyclic) bond motifs is 2. The minimum Gasteiger partial charge on any atom is -0.497 e. The number of rotatable bonds is 4. The summed E-state index contributed by atoms with van der Waals surface area (Å²) >= 11 is 1.47. The van der Waals surface area contributed by atoms with Crippen LogP contribution in [-0.4, -0.2) is 41.0 Å². The molecular formula is C20H24N4O3S. The van der Waals surface area contributed by atoms with Gasteiger partial charge in [-0.3, -0.25) is 4.79 Å². The molecule has 2 aliphatic rings. The van der Waals surface area contributed by atoms with Crippen LogP contribution in [0.2, 0.25) is 0 Å². The SMILES string of the molecule is COc1ccc(OC)c([C@H]2[C@@H]3C(=O)CC(C)(C)C=C3Nc3nc(SC)nn32)c1. The van der Waals surface area contributed by atoms with E-state index in [1.54, 1.807) is 18.9 Å². The molecule has 28 heavy (non-hydrogen) atoms. The quantitative estimate of drug-likeness (QED) is 0.787. The molecule has 0 amide bonds. The summed E-state index contributed by atoms with van der Waals surface area (Å²) in [6.45, 7) is 4.15. The molecule has 2 aromatic rings. The van der Waals surface area contributed by atoms with E-state index in [0.717, 1.165) is 11.3 Å². The fraction of sp³-hybridized carbons (Fsp3) is 0.450. The number of ether oxygens (including phenoxy) is 2. The van der Waals surface area contributed by atoms with E-state index in [-0.39, 0.29) is 23.2 Å². The molecule has 2 heterocycles. The first kappa shape index (κ1) is 18.9. The molecular weight excluding hydrogens is 376 g/mol. The van der Waals surface area contributed by atoms with Crippen LogP contribution in [0.15, 0.2) is 35.1 Å². The van der Waals surface area contributed by atoms with Crippen LogP contribution < -0.4 is 14.8 Å². The average molecular weight is 401 g/mol. The monoisotopic (exact) mass is 400 g/mol. The molecule has 0 spiro atoms. The lowest BCUT2D eigenvalue weighted by atomic mass is 9.72. The molecule has 1 aromatic heterocycles. The summed E-state index contributed by atoms with van der Waals surface area (Å²) in [6.07, 6.45) is 4.56. The van der Waals surface area contributed by atoms with Crippen LogP contribution >= 0.6 is 11.8 Å². The molecule has 1 N–H and O–H groups in total. The van der Waals surface area contributed by atoms with Gasteiger partial charge in [0.05, 0.1) is 26.2 Å². The second-order valence-corrected chi connectivity index (χ2v) is 8.53. The molecule has 0 saturated heterocycles. The van der Waals surface area contributed by atoms with Gasteiger partial charge in [0.25, 0.3) is 0 Å². The molecule has 1 aliphatic carbocycles. The number of carbonyl (C=O) groups excluding carboxylic acids is 1. The predicted molar refractivity (Wildman–Crippen MR) is 108 cm³/mol. The van der Waals surface area contributed by atoms with E-state index in [0.29, 0.717) is 29.0 Å². The Balaban J connectivity index is 1.96. The van der Waals surface area contributed by atoms with Crippen molar-refractivity contribution in [2.24, 2.45) is 11.3 Å². The lowest BCUT2D eigenvalue weighted by Gasteiger charge is -2.40. The van der Waals surface area contributed by atoms with Gasteiger partial charge in [-0.1, -0.05) is 31.7 Å². The molecule has 0 fully saturated rings. The van der Waals surface area contributed by atoms with Gasteiger partial charge in [-0.15, -0.1) is 5.10 Å². The Labute approximate surface area is 168 Å². The van der Waals surface area contributed by atoms with Gasteiger partial charge in [-0.05, 0) is 29.9 Å². The molecule has 1 aromatic carbocycles. The van der Waals surface area contributed by atoms with Gasteiger partial charge in [0.1, 0.15) is 17.3 Å². The maximum Gasteiger partial charge on any atom is 0.227 e. The summed E-state index contributed by atoms with van der Waals surface area (Å²) in [4.78, 5) is 17.8. The van der Waals surface area contributed by atoms with Gasteiger partial charge < -0.3 is 14.8 Å². The zero-order chi connectivity index (χ0) is 20.1. The fourth-order valence-corrected chi connectivity index (χ4v) is 4.42. The topological polar surface area (TPSA) is 78.3 Å². The van der Waals surface area contributed by atoms with Crippen molar-refractivity contribution < 1.29 is 14.3 Å². The van der Waals surface area contributed by atoms with E-state index < -0.39 is 0 Å². The number of nitrogens with zero attached hydrogens (tertiary/aromatic N) is 3. The Morgan fingerprint density at radius 3 is 2.75 bits per heavy atom. The average Bonchev–Trinajstić information content (AvgIpc) is 3.07. The Bertz CT molecular complexity index is 966. The molecule has 0 saturated carbocycles. The van der Waals surface area contributed by atoms with Crippen LogP contribution in [0.1, 0.15) is 31.9 Å². The molecule has 0 unspecified atom stereocenters. The van der Waals surface area contributed by atoms with E-state index >= 15 is 0 Å². The maximum atomic E-state index is 13.2. The second kappa shape index (κ2) is 6.84. The lowest BCUT2D eigenvalue weighted by molar-refractivity contribution is -0.125. The molecule has 8 heteroatoms. The van der Waals surface area contributed by atoms with Gasteiger partial charge in [-0.2, -0.15) is 4.98 Å². The fourth-order valence-electron chi connectivity index (χ4n) is 4.08. The molecule has 4 rings (SSSR count). The predicted octanol–water partition coefficient (Wildman–Crippen LogP) is 3.53. The Kier molecular flexibility index (Phi) is 4.61. The first-order valence-electron chi connectivity index (χ1n) is 9.12. The zero-order valence-electron chi connectivity index (χ0n) is 16.6. The highest BCUT2D eigenvalue weighted by Crippen LogP contribution is 2.47. The minimum absolute atomic E-state index is 0.178. The van der Waals surface area contributed by atoms with Crippen molar-refractivity contribution in [2.75, 3.05) is 25.8 Å². The number of carbonyl (C=O) groups is 1. The normalized spacial score (nSPS) is 22.6. The van der Waals surface area contributed by atoms with Crippen molar-refractivity contribution in [2.45, 2.75) is 31.5 Å². The standard InChI is InChI=1S/C20H24N4O3S/c1-20(2)9-13-16(14(25)10-20)17(24-18(21-13)22-19(23-24)28-5)12-8-11(26-3)6-7-15(12)27-4/h6-9,16-17H,10H2,1-5H3,(H,21,22,23)/t16-,17-/m0/s1. The van der Waals surface area contributed by atoms with Gasteiger partial charge in [-0.25, -0.2) is 4.68 Å². The summed E-state index contributed by atoms with van der Waals surface area (Å²) in [6, 6.07) is 5.28. The number of hydrogen-bond acceptors (Lipinski definition) is 7. The van der Waals surface area contributed by atoms with Crippen LogP contribution in [0.5, 0.6) is 11.5 Å².